The molecule has 0 bridgehead atoms. The second-order valence-electron chi connectivity index (χ2n) is 4.93. The molecule has 0 saturated carbocycles. The monoisotopic (exact) mass is 272 g/mol. The van der Waals surface area contributed by atoms with Gasteiger partial charge in [0.05, 0.1) is 6.20 Å². The number of carbonyl (C=O) groups excluding carboxylic acids is 1. The predicted molar refractivity (Wildman–Crippen MR) is 80.0 cm³/mol. The Morgan fingerprint density at radius 2 is 2.25 bits per heavy atom. The van der Waals surface area contributed by atoms with Crippen molar-refractivity contribution in [2.75, 3.05) is 5.73 Å². The van der Waals surface area contributed by atoms with Gasteiger partial charge in [-0.1, -0.05) is 19.1 Å². The quantitative estimate of drug-likeness (QED) is 0.818. The molecule has 5 nitrogen and oxygen atoms in total. The summed E-state index contributed by atoms with van der Waals surface area (Å²) in [5.41, 5.74) is 8.43. The molecule has 1 heterocycles. The summed E-state index contributed by atoms with van der Waals surface area (Å²) < 4.78 is 1.64. The maximum Gasteiger partial charge on any atom is 0.241 e. The van der Waals surface area contributed by atoms with Crippen LogP contribution in [0.2, 0.25) is 0 Å². The van der Waals surface area contributed by atoms with E-state index in [2.05, 4.69) is 10.4 Å². The van der Waals surface area contributed by atoms with E-state index in [0.29, 0.717) is 5.69 Å². The molecule has 0 spiro atoms. The van der Waals surface area contributed by atoms with Crippen LogP contribution in [0, 0.1) is 0 Å². The first-order valence-corrected chi connectivity index (χ1v) is 6.76. The molecular weight excluding hydrogens is 252 g/mol. The highest BCUT2D eigenvalue weighted by Crippen LogP contribution is 2.20. The number of nitrogens with zero attached hydrogens (tertiary/aromatic N) is 2. The van der Waals surface area contributed by atoms with Crippen LogP contribution in [0.5, 0.6) is 0 Å². The van der Waals surface area contributed by atoms with Crippen molar-refractivity contribution < 1.29 is 4.79 Å². The number of anilines is 1. The van der Waals surface area contributed by atoms with Gasteiger partial charge in [0.25, 0.3) is 0 Å². The molecule has 1 unspecified atom stereocenters. The first kappa shape index (κ1) is 14.1. The summed E-state index contributed by atoms with van der Waals surface area (Å²) in [6.07, 6.45) is 4.51. The summed E-state index contributed by atoms with van der Waals surface area (Å²) in [5, 5.41) is 7.13. The molecular formula is C15H20N4O. The molecule has 0 radical (unpaired) electrons. The lowest BCUT2D eigenvalue weighted by Crippen LogP contribution is -2.34. The Bertz CT molecular complexity index is 591. The predicted octanol–water partition coefficient (Wildman–Crippen LogP) is 2.05. The van der Waals surface area contributed by atoms with Gasteiger partial charge in [-0.15, -0.1) is 0 Å². The number of hydrogen-bond acceptors (Lipinski definition) is 3. The first-order valence-electron chi connectivity index (χ1n) is 6.76. The van der Waals surface area contributed by atoms with Crippen LogP contribution in [0.25, 0.3) is 11.1 Å². The van der Waals surface area contributed by atoms with Crippen LogP contribution in [0.3, 0.4) is 0 Å². The average molecular weight is 272 g/mol. The van der Waals surface area contributed by atoms with Crippen molar-refractivity contribution in [2.24, 2.45) is 0 Å². The second-order valence-corrected chi connectivity index (χ2v) is 4.93. The Kier molecular flexibility index (Phi) is 4.40. The second kappa shape index (κ2) is 6.23. The summed E-state index contributed by atoms with van der Waals surface area (Å²) >= 11 is 0. The lowest BCUT2D eigenvalue weighted by molar-refractivity contribution is -0.122. The Hall–Kier alpha value is -2.30. The summed E-state index contributed by atoms with van der Waals surface area (Å²) in [5.74, 6) is -0.0263. The van der Waals surface area contributed by atoms with Crippen molar-refractivity contribution in [3.8, 4) is 11.1 Å². The van der Waals surface area contributed by atoms with Crippen molar-refractivity contribution in [1.82, 2.24) is 15.1 Å². The fourth-order valence-corrected chi connectivity index (χ4v) is 1.89. The van der Waals surface area contributed by atoms with E-state index >= 15 is 0 Å². The molecule has 1 amide bonds. The van der Waals surface area contributed by atoms with E-state index in [0.717, 1.165) is 17.5 Å². The van der Waals surface area contributed by atoms with Crippen LogP contribution in [0.4, 0.5) is 5.69 Å². The van der Waals surface area contributed by atoms with Crippen molar-refractivity contribution in [1.29, 1.82) is 0 Å². The molecule has 5 heteroatoms. The number of amides is 1. The molecule has 0 aliphatic heterocycles. The van der Waals surface area contributed by atoms with Gasteiger partial charge < -0.3 is 11.1 Å². The molecule has 20 heavy (non-hydrogen) atoms. The lowest BCUT2D eigenvalue weighted by Gasteiger charge is -2.10. The third kappa shape index (κ3) is 3.60. The SMILES string of the molecule is CCC(C)NC(=O)Cn1cc(-c2cccc(N)c2)cn1. The zero-order valence-corrected chi connectivity index (χ0v) is 11.8. The molecule has 2 aromatic rings. The van der Waals surface area contributed by atoms with E-state index in [9.17, 15) is 4.79 Å². The van der Waals surface area contributed by atoms with Crippen LogP contribution < -0.4 is 11.1 Å². The Morgan fingerprint density at radius 3 is 2.95 bits per heavy atom. The maximum atomic E-state index is 11.8. The van der Waals surface area contributed by atoms with E-state index in [-0.39, 0.29) is 18.5 Å². The third-order valence-electron chi connectivity index (χ3n) is 3.18. The van der Waals surface area contributed by atoms with Gasteiger partial charge in [-0.25, -0.2) is 0 Å². The first-order chi connectivity index (χ1) is 9.58. The summed E-state index contributed by atoms with van der Waals surface area (Å²) in [4.78, 5) is 11.8. The van der Waals surface area contributed by atoms with Crippen molar-refractivity contribution in [3.63, 3.8) is 0 Å². The fraction of sp³-hybridized carbons (Fsp3) is 0.333. The lowest BCUT2D eigenvalue weighted by atomic mass is 10.1. The molecule has 0 fully saturated rings. The Labute approximate surface area is 118 Å². The molecule has 0 saturated heterocycles. The highest BCUT2D eigenvalue weighted by atomic mass is 16.2. The van der Waals surface area contributed by atoms with Gasteiger partial charge in [-0.3, -0.25) is 9.48 Å². The number of rotatable bonds is 5. The number of nitrogens with two attached hydrogens (primary N) is 1. The number of aromatic nitrogens is 2. The van der Waals surface area contributed by atoms with E-state index in [1.807, 2.05) is 44.3 Å². The minimum atomic E-state index is -0.0263. The zero-order chi connectivity index (χ0) is 14.5. The highest BCUT2D eigenvalue weighted by Gasteiger charge is 2.08. The minimum Gasteiger partial charge on any atom is -0.399 e. The van der Waals surface area contributed by atoms with Gasteiger partial charge in [0.15, 0.2) is 0 Å². The van der Waals surface area contributed by atoms with Gasteiger partial charge >= 0.3 is 0 Å². The van der Waals surface area contributed by atoms with E-state index in [1.54, 1.807) is 10.9 Å². The largest absolute Gasteiger partial charge is 0.399 e. The Morgan fingerprint density at radius 1 is 1.45 bits per heavy atom. The molecule has 1 aromatic heterocycles. The number of nitrogen functional groups attached to an aromatic ring is 1. The van der Waals surface area contributed by atoms with Crippen LogP contribution in [0.15, 0.2) is 36.7 Å². The van der Waals surface area contributed by atoms with Gasteiger partial charge in [-0.2, -0.15) is 5.10 Å². The minimum absolute atomic E-state index is 0.0263. The molecule has 106 valence electrons. The molecule has 3 N–H and O–H groups in total. The third-order valence-corrected chi connectivity index (χ3v) is 3.18. The van der Waals surface area contributed by atoms with Crippen molar-refractivity contribution >= 4 is 11.6 Å². The molecule has 0 aliphatic carbocycles. The van der Waals surface area contributed by atoms with Crippen LogP contribution in [-0.2, 0) is 11.3 Å². The zero-order valence-electron chi connectivity index (χ0n) is 11.8. The highest BCUT2D eigenvalue weighted by molar-refractivity contribution is 5.76. The van der Waals surface area contributed by atoms with Gasteiger partial charge in [0.2, 0.25) is 5.91 Å². The van der Waals surface area contributed by atoms with E-state index < -0.39 is 0 Å². The number of hydrogen-bond donors (Lipinski definition) is 2. The summed E-state index contributed by atoms with van der Waals surface area (Å²) in [6.45, 7) is 4.25. The normalized spacial score (nSPS) is 12.1. The molecule has 2 rings (SSSR count). The molecule has 0 aliphatic rings. The van der Waals surface area contributed by atoms with Crippen molar-refractivity contribution in [2.45, 2.75) is 32.9 Å². The fourth-order valence-electron chi connectivity index (χ4n) is 1.89. The van der Waals surface area contributed by atoms with Crippen LogP contribution >= 0.6 is 0 Å². The average Bonchev–Trinajstić information content (AvgIpc) is 2.87. The molecule has 1 aromatic carbocycles. The maximum absolute atomic E-state index is 11.8. The van der Waals surface area contributed by atoms with Crippen molar-refractivity contribution in [3.05, 3.63) is 36.7 Å². The number of nitrogens with one attached hydrogen (secondary N) is 1. The number of benzene rings is 1. The Balaban J connectivity index is 2.04. The smallest absolute Gasteiger partial charge is 0.241 e. The van der Waals surface area contributed by atoms with Crippen LogP contribution in [-0.4, -0.2) is 21.7 Å². The van der Waals surface area contributed by atoms with Gasteiger partial charge in [0.1, 0.15) is 6.54 Å². The summed E-state index contributed by atoms with van der Waals surface area (Å²) in [6, 6.07) is 7.79. The van der Waals surface area contributed by atoms with E-state index in [4.69, 9.17) is 5.73 Å². The summed E-state index contributed by atoms with van der Waals surface area (Å²) in [7, 11) is 0. The standard InChI is InChI=1S/C15H20N4O/c1-3-11(2)18-15(20)10-19-9-13(8-17-19)12-5-4-6-14(16)7-12/h4-9,11H,3,10,16H2,1-2H3,(H,18,20). The van der Waals surface area contributed by atoms with Gasteiger partial charge in [-0.05, 0) is 31.0 Å². The van der Waals surface area contributed by atoms with Crippen LogP contribution in [0.1, 0.15) is 20.3 Å². The topological polar surface area (TPSA) is 72.9 Å². The number of carbonyl (C=O) groups is 1. The van der Waals surface area contributed by atoms with E-state index in [1.165, 1.54) is 0 Å². The van der Waals surface area contributed by atoms with Gasteiger partial charge in [0, 0.05) is 23.5 Å². The molecule has 1 atom stereocenters.